The predicted octanol–water partition coefficient (Wildman–Crippen LogP) is 3.66. The topological polar surface area (TPSA) is 93.1 Å². The van der Waals surface area contributed by atoms with E-state index in [1.807, 2.05) is 0 Å². The predicted molar refractivity (Wildman–Crippen MR) is 123 cm³/mol. The van der Waals surface area contributed by atoms with Crippen LogP contribution in [0.3, 0.4) is 0 Å². The van der Waals surface area contributed by atoms with E-state index in [-0.39, 0.29) is 17.4 Å². The maximum atomic E-state index is 13.0. The summed E-state index contributed by atoms with van der Waals surface area (Å²) in [4.78, 5) is 42.6. The molecule has 32 heavy (non-hydrogen) atoms. The van der Waals surface area contributed by atoms with Gasteiger partial charge < -0.3 is 10.6 Å². The van der Waals surface area contributed by atoms with Crippen molar-refractivity contribution < 1.29 is 9.59 Å². The van der Waals surface area contributed by atoms with Crippen molar-refractivity contribution in [1.82, 2.24) is 14.9 Å². The molecule has 0 spiro atoms. The summed E-state index contributed by atoms with van der Waals surface area (Å²) in [5.41, 5.74) is 2.14. The Labute approximate surface area is 185 Å². The van der Waals surface area contributed by atoms with Crippen LogP contribution in [-0.4, -0.2) is 27.4 Å². The molecule has 2 aromatic carbocycles. The number of rotatable bonds is 4. The highest BCUT2D eigenvalue weighted by Crippen LogP contribution is 2.20. The summed E-state index contributed by atoms with van der Waals surface area (Å²) in [5.74, 6) is 0.433. The lowest BCUT2D eigenvalue weighted by molar-refractivity contribution is 0.0950. The number of hydrogen-bond donors (Lipinski definition) is 2. The molecule has 2 N–H and O–H groups in total. The summed E-state index contributed by atoms with van der Waals surface area (Å²) in [5, 5.41) is 6.34. The lowest BCUT2D eigenvalue weighted by Crippen LogP contribution is -2.26. The first-order chi connectivity index (χ1) is 15.6. The minimum atomic E-state index is -0.282. The summed E-state index contributed by atoms with van der Waals surface area (Å²) in [7, 11) is 0. The highest BCUT2D eigenvalue weighted by molar-refractivity contribution is 6.06. The van der Waals surface area contributed by atoms with Gasteiger partial charge >= 0.3 is 0 Å². The van der Waals surface area contributed by atoms with E-state index in [1.165, 1.54) is 0 Å². The van der Waals surface area contributed by atoms with E-state index in [9.17, 15) is 14.4 Å². The van der Waals surface area contributed by atoms with Crippen LogP contribution < -0.4 is 16.2 Å². The Morgan fingerprint density at radius 2 is 1.66 bits per heavy atom. The van der Waals surface area contributed by atoms with E-state index in [0.29, 0.717) is 40.3 Å². The lowest BCUT2D eigenvalue weighted by atomic mass is 10.1. The van der Waals surface area contributed by atoms with Crippen molar-refractivity contribution in [2.45, 2.75) is 57.5 Å². The van der Waals surface area contributed by atoms with E-state index in [4.69, 9.17) is 4.98 Å². The van der Waals surface area contributed by atoms with E-state index in [2.05, 4.69) is 10.6 Å². The van der Waals surface area contributed by atoms with Gasteiger partial charge in [0.1, 0.15) is 5.82 Å². The number of nitrogens with zero attached hydrogens (tertiary/aromatic N) is 2. The highest BCUT2D eigenvalue weighted by Gasteiger charge is 2.23. The second-order valence-corrected chi connectivity index (χ2v) is 8.66. The average Bonchev–Trinajstić information content (AvgIpc) is 3.59. The van der Waals surface area contributed by atoms with Crippen LogP contribution >= 0.6 is 0 Å². The zero-order chi connectivity index (χ0) is 22.1. The fraction of sp³-hybridized carbons (Fsp3) is 0.360. The number of carbonyl (C=O) groups excluding carboxylic acids is 2. The maximum Gasteiger partial charge on any atom is 0.261 e. The molecule has 1 aliphatic carbocycles. The van der Waals surface area contributed by atoms with Crippen LogP contribution in [0.4, 0.5) is 5.69 Å². The first kappa shape index (κ1) is 20.4. The van der Waals surface area contributed by atoms with Crippen LogP contribution in [0, 0.1) is 0 Å². The minimum Gasteiger partial charge on any atom is -0.349 e. The average molecular weight is 431 g/mol. The molecule has 1 fully saturated rings. The standard InChI is InChI=1S/C25H26N4O3/c30-23(26-19-11-12-19)16-6-9-18(10-7-16)27-24(31)17-8-13-20-21(15-17)28-22-5-3-1-2-4-14-29(22)25(20)32/h6-10,13,15,19H,1-5,11-12,14H2,(H,26,30)(H,27,31). The summed E-state index contributed by atoms with van der Waals surface area (Å²) in [6, 6.07) is 12.2. The molecule has 0 radical (unpaired) electrons. The Morgan fingerprint density at radius 3 is 2.44 bits per heavy atom. The van der Waals surface area contributed by atoms with Gasteiger partial charge in [-0.3, -0.25) is 19.0 Å². The number of fused-ring (bicyclic) bond motifs is 2. The molecule has 0 atom stereocenters. The van der Waals surface area contributed by atoms with Gasteiger partial charge in [0.15, 0.2) is 0 Å². The first-order valence-corrected chi connectivity index (χ1v) is 11.3. The fourth-order valence-corrected chi connectivity index (χ4v) is 4.14. The molecule has 0 unspecified atom stereocenters. The van der Waals surface area contributed by atoms with Crippen molar-refractivity contribution in [2.75, 3.05) is 5.32 Å². The molecule has 1 aromatic heterocycles. The zero-order valence-electron chi connectivity index (χ0n) is 17.9. The van der Waals surface area contributed by atoms with E-state index in [0.717, 1.165) is 50.8 Å². The Bertz CT molecular complexity index is 1240. The van der Waals surface area contributed by atoms with Gasteiger partial charge in [-0.2, -0.15) is 0 Å². The molecule has 1 aliphatic heterocycles. The molecule has 0 bridgehead atoms. The van der Waals surface area contributed by atoms with Crippen LogP contribution in [0.2, 0.25) is 0 Å². The highest BCUT2D eigenvalue weighted by atomic mass is 16.2. The number of anilines is 1. The van der Waals surface area contributed by atoms with Crippen LogP contribution in [-0.2, 0) is 13.0 Å². The van der Waals surface area contributed by atoms with Crippen molar-refractivity contribution in [3.8, 4) is 0 Å². The quantitative estimate of drug-likeness (QED) is 0.661. The van der Waals surface area contributed by atoms with Gasteiger partial charge in [-0.1, -0.05) is 12.8 Å². The van der Waals surface area contributed by atoms with Gasteiger partial charge in [-0.05, 0) is 68.1 Å². The van der Waals surface area contributed by atoms with Crippen LogP contribution in [0.1, 0.15) is 65.1 Å². The number of aryl methyl sites for hydroxylation is 1. The maximum absolute atomic E-state index is 13.0. The first-order valence-electron chi connectivity index (χ1n) is 11.3. The fourth-order valence-electron chi connectivity index (χ4n) is 4.14. The second kappa shape index (κ2) is 8.57. The zero-order valence-corrected chi connectivity index (χ0v) is 17.9. The number of carbonyl (C=O) groups is 2. The second-order valence-electron chi connectivity index (χ2n) is 8.66. The summed E-state index contributed by atoms with van der Waals surface area (Å²) in [6.07, 6.45) is 7.15. The molecule has 7 heteroatoms. The Morgan fingerprint density at radius 1 is 0.906 bits per heavy atom. The number of benzene rings is 2. The van der Waals surface area contributed by atoms with E-state index in [1.54, 1.807) is 47.0 Å². The summed E-state index contributed by atoms with van der Waals surface area (Å²) < 4.78 is 1.79. The SMILES string of the molecule is O=C(Nc1ccc(C(=O)NC2CC2)cc1)c1ccc2c(=O)n3c(nc2c1)CCCCCC3. The van der Waals surface area contributed by atoms with Crippen LogP contribution in [0.5, 0.6) is 0 Å². The molecule has 2 aliphatic rings. The Kier molecular flexibility index (Phi) is 5.47. The molecule has 7 nitrogen and oxygen atoms in total. The van der Waals surface area contributed by atoms with Gasteiger partial charge in [0.2, 0.25) is 0 Å². The minimum absolute atomic E-state index is 0.0288. The molecule has 3 aromatic rings. The molecule has 2 amide bonds. The molecule has 0 saturated heterocycles. The normalized spacial score (nSPS) is 16.0. The van der Waals surface area contributed by atoms with Crippen molar-refractivity contribution >= 4 is 28.4 Å². The molecule has 1 saturated carbocycles. The summed E-state index contributed by atoms with van der Waals surface area (Å²) >= 11 is 0. The van der Waals surface area contributed by atoms with Gasteiger partial charge in [-0.15, -0.1) is 0 Å². The Hall–Kier alpha value is -3.48. The largest absolute Gasteiger partial charge is 0.349 e. The third-order valence-electron chi connectivity index (χ3n) is 6.15. The van der Waals surface area contributed by atoms with Crippen molar-refractivity contribution in [1.29, 1.82) is 0 Å². The number of nitrogens with one attached hydrogen (secondary N) is 2. The third-order valence-corrected chi connectivity index (χ3v) is 6.15. The molecular weight excluding hydrogens is 404 g/mol. The lowest BCUT2D eigenvalue weighted by Gasteiger charge is -2.16. The van der Waals surface area contributed by atoms with Gasteiger partial charge in [0.05, 0.1) is 10.9 Å². The molecule has 2 heterocycles. The van der Waals surface area contributed by atoms with Crippen molar-refractivity contribution in [2.24, 2.45) is 0 Å². The Balaban J connectivity index is 1.35. The molecular formula is C25H26N4O3. The van der Waals surface area contributed by atoms with Gasteiger partial charge in [0.25, 0.3) is 17.4 Å². The number of amides is 2. The van der Waals surface area contributed by atoms with Crippen LogP contribution in [0.25, 0.3) is 10.9 Å². The van der Waals surface area contributed by atoms with Gasteiger partial charge in [0, 0.05) is 35.8 Å². The van der Waals surface area contributed by atoms with Crippen molar-refractivity contribution in [3.63, 3.8) is 0 Å². The molecule has 164 valence electrons. The molecule has 5 rings (SSSR count). The number of aromatic nitrogens is 2. The van der Waals surface area contributed by atoms with Crippen molar-refractivity contribution in [3.05, 3.63) is 69.8 Å². The summed E-state index contributed by atoms with van der Waals surface area (Å²) in [6.45, 7) is 0.702. The van der Waals surface area contributed by atoms with E-state index < -0.39 is 0 Å². The van der Waals surface area contributed by atoms with Crippen LogP contribution in [0.15, 0.2) is 47.3 Å². The third kappa shape index (κ3) is 4.28. The smallest absolute Gasteiger partial charge is 0.261 e. The van der Waals surface area contributed by atoms with E-state index >= 15 is 0 Å². The number of hydrogen-bond acceptors (Lipinski definition) is 4. The monoisotopic (exact) mass is 430 g/mol. The van der Waals surface area contributed by atoms with Gasteiger partial charge in [-0.25, -0.2) is 4.98 Å².